The van der Waals surface area contributed by atoms with Crippen LogP contribution in [-0.2, 0) is 0 Å². The summed E-state index contributed by atoms with van der Waals surface area (Å²) in [5, 5.41) is 10.0. The summed E-state index contributed by atoms with van der Waals surface area (Å²) >= 11 is 1.23. The van der Waals surface area contributed by atoms with Crippen molar-refractivity contribution >= 4 is 17.3 Å². The molecule has 2 aliphatic rings. The lowest BCUT2D eigenvalue weighted by Crippen LogP contribution is -2.15. The minimum absolute atomic E-state index is 0.318. The number of carboxylic acid groups (broad SMARTS) is 1. The van der Waals surface area contributed by atoms with Crippen LogP contribution in [0.3, 0.4) is 0 Å². The van der Waals surface area contributed by atoms with Crippen molar-refractivity contribution in [3.05, 3.63) is 28.8 Å². The number of carbonyl (C=O) groups is 1. The average Bonchev–Trinajstić information content (AvgIpc) is 3.25. The number of aromatic nitrogens is 1. The Morgan fingerprint density at radius 2 is 2.00 bits per heavy atom. The van der Waals surface area contributed by atoms with Crippen LogP contribution >= 0.6 is 11.3 Å². The van der Waals surface area contributed by atoms with Gasteiger partial charge in [-0.25, -0.2) is 9.78 Å². The highest BCUT2D eigenvalue weighted by Gasteiger charge is 2.32. The molecular formula is C15H13NO4S. The van der Waals surface area contributed by atoms with Gasteiger partial charge in [0.05, 0.1) is 5.69 Å². The van der Waals surface area contributed by atoms with Crippen molar-refractivity contribution in [3.63, 3.8) is 0 Å². The molecule has 1 aliphatic carbocycles. The van der Waals surface area contributed by atoms with E-state index in [2.05, 4.69) is 4.98 Å². The number of nitrogens with zero attached hydrogens (tertiary/aromatic N) is 1. The van der Waals surface area contributed by atoms with Crippen molar-refractivity contribution in [3.8, 4) is 22.1 Å². The van der Waals surface area contributed by atoms with E-state index in [0.717, 1.165) is 34.9 Å². The number of aromatic carboxylic acids is 1. The van der Waals surface area contributed by atoms with Gasteiger partial charge in [-0.2, -0.15) is 0 Å². The summed E-state index contributed by atoms with van der Waals surface area (Å²) in [6.45, 7) is 1.08. The smallest absolute Gasteiger partial charge is 0.347 e. The molecule has 0 atom stereocenters. The Labute approximate surface area is 125 Å². The van der Waals surface area contributed by atoms with Crippen LogP contribution in [0, 0.1) is 0 Å². The van der Waals surface area contributed by atoms with E-state index in [-0.39, 0.29) is 0 Å². The van der Waals surface area contributed by atoms with Gasteiger partial charge in [-0.1, -0.05) is 0 Å². The molecule has 2 aromatic rings. The molecule has 1 fully saturated rings. The topological polar surface area (TPSA) is 68.7 Å². The molecule has 0 saturated heterocycles. The molecule has 1 aliphatic heterocycles. The second kappa shape index (κ2) is 4.73. The van der Waals surface area contributed by atoms with Gasteiger partial charge in [0.2, 0.25) is 0 Å². The highest BCUT2D eigenvalue weighted by molar-refractivity contribution is 7.17. The van der Waals surface area contributed by atoms with Gasteiger partial charge in [-0.15, -0.1) is 11.3 Å². The van der Waals surface area contributed by atoms with Gasteiger partial charge in [0.15, 0.2) is 11.5 Å². The number of thiazole rings is 1. The maximum absolute atomic E-state index is 11.4. The first-order valence-electron chi connectivity index (χ1n) is 6.86. The molecule has 108 valence electrons. The van der Waals surface area contributed by atoms with Crippen LogP contribution in [0.1, 0.15) is 34.1 Å². The molecule has 1 aromatic heterocycles. The quantitative estimate of drug-likeness (QED) is 0.943. The zero-order chi connectivity index (χ0) is 14.4. The molecule has 0 spiro atoms. The first-order chi connectivity index (χ1) is 10.2. The Hall–Kier alpha value is -2.08. The van der Waals surface area contributed by atoms with Crippen molar-refractivity contribution in [2.45, 2.75) is 18.8 Å². The second-order valence-corrected chi connectivity index (χ2v) is 6.17. The SMILES string of the molecule is O=C(O)c1sc(-c2ccc3c(c2)OCCO3)nc1C1CC1. The molecule has 1 aromatic carbocycles. The zero-order valence-electron chi connectivity index (χ0n) is 11.2. The molecule has 1 saturated carbocycles. The van der Waals surface area contributed by atoms with Crippen molar-refractivity contribution in [2.75, 3.05) is 13.2 Å². The van der Waals surface area contributed by atoms with Crippen molar-refractivity contribution in [1.82, 2.24) is 4.98 Å². The van der Waals surface area contributed by atoms with E-state index in [1.54, 1.807) is 0 Å². The summed E-state index contributed by atoms with van der Waals surface area (Å²) < 4.78 is 11.1. The highest BCUT2D eigenvalue weighted by atomic mass is 32.1. The minimum Gasteiger partial charge on any atom is -0.486 e. The summed E-state index contributed by atoms with van der Waals surface area (Å²) in [6.07, 6.45) is 2.06. The molecule has 2 heterocycles. The average molecular weight is 303 g/mol. The van der Waals surface area contributed by atoms with Crippen LogP contribution in [-0.4, -0.2) is 29.3 Å². The molecule has 5 nitrogen and oxygen atoms in total. The van der Waals surface area contributed by atoms with Gasteiger partial charge in [-0.05, 0) is 31.0 Å². The van der Waals surface area contributed by atoms with E-state index in [9.17, 15) is 9.90 Å². The molecule has 21 heavy (non-hydrogen) atoms. The van der Waals surface area contributed by atoms with Gasteiger partial charge in [0, 0.05) is 11.5 Å². The first kappa shape index (κ1) is 12.6. The summed E-state index contributed by atoms with van der Waals surface area (Å²) in [5.41, 5.74) is 1.61. The lowest BCUT2D eigenvalue weighted by Gasteiger charge is -2.18. The summed E-state index contributed by atoms with van der Waals surface area (Å²) in [6, 6.07) is 5.62. The highest BCUT2D eigenvalue weighted by Crippen LogP contribution is 2.45. The van der Waals surface area contributed by atoms with E-state index in [1.807, 2.05) is 18.2 Å². The molecule has 0 radical (unpaired) electrons. The fourth-order valence-corrected chi connectivity index (χ4v) is 3.40. The maximum Gasteiger partial charge on any atom is 0.347 e. The number of hydrogen-bond acceptors (Lipinski definition) is 5. The third kappa shape index (κ3) is 2.25. The van der Waals surface area contributed by atoms with E-state index < -0.39 is 5.97 Å². The number of carboxylic acids is 1. The van der Waals surface area contributed by atoms with Crippen molar-refractivity contribution in [1.29, 1.82) is 0 Å². The second-order valence-electron chi connectivity index (χ2n) is 5.17. The fourth-order valence-electron chi connectivity index (χ4n) is 2.42. The third-order valence-electron chi connectivity index (χ3n) is 3.60. The lowest BCUT2D eigenvalue weighted by atomic mass is 10.2. The van der Waals surface area contributed by atoms with Crippen LogP contribution in [0.15, 0.2) is 18.2 Å². The number of ether oxygens (including phenoxy) is 2. The first-order valence-corrected chi connectivity index (χ1v) is 7.68. The third-order valence-corrected chi connectivity index (χ3v) is 4.71. The van der Waals surface area contributed by atoms with Gasteiger partial charge in [-0.3, -0.25) is 0 Å². The summed E-state index contributed by atoms with van der Waals surface area (Å²) in [5.74, 6) is 0.845. The molecule has 0 amide bonds. The van der Waals surface area contributed by atoms with E-state index >= 15 is 0 Å². The fraction of sp³-hybridized carbons (Fsp3) is 0.333. The number of benzene rings is 1. The number of hydrogen-bond donors (Lipinski definition) is 1. The predicted molar refractivity (Wildman–Crippen MR) is 77.5 cm³/mol. The lowest BCUT2D eigenvalue weighted by molar-refractivity contribution is 0.0700. The predicted octanol–water partition coefficient (Wildman–Crippen LogP) is 3.16. The number of rotatable bonds is 3. The van der Waals surface area contributed by atoms with Crippen LogP contribution in [0.4, 0.5) is 0 Å². The van der Waals surface area contributed by atoms with Gasteiger partial charge < -0.3 is 14.6 Å². The van der Waals surface area contributed by atoms with Crippen LogP contribution in [0.25, 0.3) is 10.6 Å². The Morgan fingerprint density at radius 1 is 1.24 bits per heavy atom. The summed E-state index contributed by atoms with van der Waals surface area (Å²) in [7, 11) is 0. The van der Waals surface area contributed by atoms with E-state index in [1.165, 1.54) is 11.3 Å². The Bertz CT molecular complexity index is 720. The van der Waals surface area contributed by atoms with Gasteiger partial charge >= 0.3 is 5.97 Å². The van der Waals surface area contributed by atoms with Crippen molar-refractivity contribution in [2.24, 2.45) is 0 Å². The Kier molecular flexibility index (Phi) is 2.85. The molecule has 0 bridgehead atoms. The van der Waals surface area contributed by atoms with Crippen LogP contribution in [0.5, 0.6) is 11.5 Å². The molecule has 6 heteroatoms. The zero-order valence-corrected chi connectivity index (χ0v) is 12.0. The minimum atomic E-state index is -0.891. The maximum atomic E-state index is 11.4. The van der Waals surface area contributed by atoms with E-state index in [4.69, 9.17) is 9.47 Å². The molecule has 4 rings (SSSR count). The molecular weight excluding hydrogens is 290 g/mol. The molecule has 0 unspecified atom stereocenters. The standard InChI is InChI=1S/C15H13NO4S/c17-15(18)13-12(8-1-2-8)16-14(21-13)9-3-4-10-11(7-9)20-6-5-19-10/h3-4,7-8H,1-2,5-6H2,(H,17,18). The normalized spacial score (nSPS) is 16.8. The van der Waals surface area contributed by atoms with Crippen molar-refractivity contribution < 1.29 is 19.4 Å². The van der Waals surface area contributed by atoms with Crippen LogP contribution in [0.2, 0.25) is 0 Å². The van der Waals surface area contributed by atoms with Gasteiger partial charge in [0.25, 0.3) is 0 Å². The molecule has 1 N–H and O–H groups in total. The monoisotopic (exact) mass is 303 g/mol. The van der Waals surface area contributed by atoms with E-state index in [0.29, 0.717) is 29.8 Å². The van der Waals surface area contributed by atoms with Gasteiger partial charge in [0.1, 0.15) is 23.1 Å². The largest absolute Gasteiger partial charge is 0.486 e. The Morgan fingerprint density at radius 3 is 2.71 bits per heavy atom. The Balaban J connectivity index is 1.76. The number of fused-ring (bicyclic) bond motifs is 1. The van der Waals surface area contributed by atoms with Crippen LogP contribution < -0.4 is 9.47 Å². The summed E-state index contributed by atoms with van der Waals surface area (Å²) in [4.78, 5) is 16.3.